The van der Waals surface area contributed by atoms with Crippen molar-refractivity contribution in [2.45, 2.75) is 12.5 Å². The fourth-order valence-corrected chi connectivity index (χ4v) is 5.03. The molecule has 2 aromatic carbocycles. The van der Waals surface area contributed by atoms with Gasteiger partial charge in [0.05, 0.1) is 29.4 Å². The number of hydrogen-bond donors (Lipinski definition) is 0. The Morgan fingerprint density at radius 2 is 1.79 bits per heavy atom. The van der Waals surface area contributed by atoms with Crippen LogP contribution >= 0.6 is 22.7 Å². The minimum atomic E-state index is 0.118. The van der Waals surface area contributed by atoms with Gasteiger partial charge in [0, 0.05) is 17.4 Å². The lowest BCUT2D eigenvalue weighted by Gasteiger charge is -2.21. The number of anilines is 1. The van der Waals surface area contributed by atoms with E-state index in [2.05, 4.69) is 52.2 Å². The highest BCUT2D eigenvalue weighted by molar-refractivity contribution is 7.14. The summed E-state index contributed by atoms with van der Waals surface area (Å²) in [6, 6.07) is 22.9. The molecule has 1 aliphatic heterocycles. The van der Waals surface area contributed by atoms with Gasteiger partial charge in [-0.3, -0.25) is 0 Å². The van der Waals surface area contributed by atoms with Gasteiger partial charge >= 0.3 is 0 Å². The van der Waals surface area contributed by atoms with Crippen LogP contribution in [0.4, 0.5) is 5.13 Å². The van der Waals surface area contributed by atoms with E-state index in [1.165, 1.54) is 10.4 Å². The van der Waals surface area contributed by atoms with Crippen molar-refractivity contribution in [1.29, 1.82) is 0 Å². The Bertz CT molecular complexity index is 1120. The molecule has 0 saturated carbocycles. The van der Waals surface area contributed by atoms with E-state index in [9.17, 15) is 0 Å². The highest BCUT2D eigenvalue weighted by Crippen LogP contribution is 2.40. The lowest BCUT2D eigenvalue weighted by molar-refractivity contribution is 0.414. The second kappa shape index (κ2) is 7.81. The van der Waals surface area contributed by atoms with Crippen LogP contribution in [0.25, 0.3) is 11.3 Å². The Balaban J connectivity index is 1.52. The van der Waals surface area contributed by atoms with Crippen molar-refractivity contribution in [2.75, 3.05) is 12.1 Å². The molecule has 2 aromatic heterocycles. The molecular weight excluding hydrogens is 398 g/mol. The largest absolute Gasteiger partial charge is 0.497 e. The second-order valence-corrected chi connectivity index (χ2v) is 8.53. The van der Waals surface area contributed by atoms with Gasteiger partial charge in [-0.25, -0.2) is 9.99 Å². The third-order valence-corrected chi connectivity index (χ3v) is 6.72. The average molecular weight is 418 g/mol. The summed E-state index contributed by atoms with van der Waals surface area (Å²) < 4.78 is 5.32. The van der Waals surface area contributed by atoms with E-state index in [-0.39, 0.29) is 6.04 Å². The summed E-state index contributed by atoms with van der Waals surface area (Å²) in [5.41, 5.74) is 4.42. The van der Waals surface area contributed by atoms with Gasteiger partial charge in [0.2, 0.25) is 5.13 Å². The summed E-state index contributed by atoms with van der Waals surface area (Å²) in [6.07, 6.45) is 0.854. The van der Waals surface area contributed by atoms with Crippen LogP contribution in [0.3, 0.4) is 0 Å². The summed E-state index contributed by atoms with van der Waals surface area (Å²) >= 11 is 3.36. The van der Waals surface area contributed by atoms with Gasteiger partial charge in [-0.2, -0.15) is 5.10 Å². The van der Waals surface area contributed by atoms with Crippen molar-refractivity contribution in [3.8, 4) is 17.0 Å². The average Bonchev–Trinajstić information content (AvgIpc) is 3.54. The minimum Gasteiger partial charge on any atom is -0.497 e. The quantitative estimate of drug-likeness (QED) is 0.386. The van der Waals surface area contributed by atoms with Crippen molar-refractivity contribution in [3.05, 3.63) is 87.9 Å². The van der Waals surface area contributed by atoms with Gasteiger partial charge in [-0.05, 0) is 29.1 Å². The maximum Gasteiger partial charge on any atom is 0.207 e. The van der Waals surface area contributed by atoms with Crippen LogP contribution in [0.1, 0.15) is 22.9 Å². The Hall–Kier alpha value is -2.96. The predicted octanol–water partition coefficient (Wildman–Crippen LogP) is 6.24. The molecule has 1 unspecified atom stereocenters. The molecule has 1 aliphatic rings. The third-order valence-electron chi connectivity index (χ3n) is 4.97. The maximum atomic E-state index is 5.32. The zero-order valence-corrected chi connectivity index (χ0v) is 17.5. The highest BCUT2D eigenvalue weighted by atomic mass is 32.1. The molecule has 0 aliphatic carbocycles. The molecule has 0 bridgehead atoms. The molecule has 144 valence electrons. The first-order valence-corrected chi connectivity index (χ1v) is 11.1. The Labute approximate surface area is 177 Å². The normalized spacial score (nSPS) is 16.1. The first-order valence-electron chi connectivity index (χ1n) is 9.37. The van der Waals surface area contributed by atoms with E-state index in [0.717, 1.165) is 34.3 Å². The predicted molar refractivity (Wildman–Crippen MR) is 121 cm³/mol. The number of ether oxygens (including phenoxy) is 1. The Morgan fingerprint density at radius 1 is 0.966 bits per heavy atom. The first-order chi connectivity index (χ1) is 14.3. The van der Waals surface area contributed by atoms with Gasteiger partial charge in [-0.1, -0.05) is 48.5 Å². The van der Waals surface area contributed by atoms with Crippen LogP contribution in [0.5, 0.6) is 5.75 Å². The lowest BCUT2D eigenvalue weighted by atomic mass is 10.0. The van der Waals surface area contributed by atoms with Crippen LogP contribution in [-0.4, -0.2) is 17.8 Å². The smallest absolute Gasteiger partial charge is 0.207 e. The molecule has 0 fully saturated rings. The minimum absolute atomic E-state index is 0.118. The van der Waals surface area contributed by atoms with Crippen LogP contribution < -0.4 is 9.75 Å². The molecule has 4 aromatic rings. The van der Waals surface area contributed by atoms with E-state index in [4.69, 9.17) is 14.8 Å². The van der Waals surface area contributed by atoms with Crippen molar-refractivity contribution >= 4 is 33.5 Å². The van der Waals surface area contributed by atoms with Crippen molar-refractivity contribution in [3.63, 3.8) is 0 Å². The number of thiazole rings is 1. The molecule has 5 rings (SSSR count). The number of nitrogens with zero attached hydrogens (tertiary/aromatic N) is 3. The fraction of sp³-hybridized carbons (Fsp3) is 0.130. The topological polar surface area (TPSA) is 37.7 Å². The summed E-state index contributed by atoms with van der Waals surface area (Å²) in [4.78, 5) is 6.12. The van der Waals surface area contributed by atoms with E-state index in [0.29, 0.717) is 0 Å². The second-order valence-electron chi connectivity index (χ2n) is 6.74. The molecular formula is C23H19N3OS2. The number of hydrogen-bond acceptors (Lipinski definition) is 6. The summed E-state index contributed by atoms with van der Waals surface area (Å²) in [7, 11) is 1.69. The number of thiophene rings is 1. The zero-order valence-electron chi connectivity index (χ0n) is 15.9. The molecule has 6 heteroatoms. The van der Waals surface area contributed by atoms with Crippen LogP contribution in [0.2, 0.25) is 0 Å². The van der Waals surface area contributed by atoms with Gasteiger partial charge in [-0.15, -0.1) is 22.7 Å². The highest BCUT2D eigenvalue weighted by Gasteiger charge is 2.32. The standard InChI is InChI=1S/C23H19N3OS2/c1-27-18-11-9-17(10-12-18)21-14-19(22-8-5-13-28-22)25-26(21)23-24-20(15-29-23)16-6-3-2-4-7-16/h2-13,15,21H,14H2,1H3. The molecule has 29 heavy (non-hydrogen) atoms. The number of rotatable bonds is 5. The number of aromatic nitrogens is 1. The molecule has 0 N–H and O–H groups in total. The summed E-state index contributed by atoms with van der Waals surface area (Å²) in [5.74, 6) is 0.860. The SMILES string of the molecule is COc1ccc(C2CC(c3cccs3)=NN2c2nc(-c3ccccc3)cs2)cc1. The third kappa shape index (κ3) is 3.57. The summed E-state index contributed by atoms with van der Waals surface area (Å²) in [6.45, 7) is 0. The fourth-order valence-electron chi connectivity index (χ4n) is 3.48. The van der Waals surface area contributed by atoms with Crippen molar-refractivity contribution < 1.29 is 4.74 Å². The molecule has 1 atom stereocenters. The van der Waals surface area contributed by atoms with E-state index in [1.54, 1.807) is 29.8 Å². The van der Waals surface area contributed by atoms with Gasteiger partial charge in [0.1, 0.15) is 5.75 Å². The molecule has 0 radical (unpaired) electrons. The van der Waals surface area contributed by atoms with Gasteiger partial charge in [0.25, 0.3) is 0 Å². The lowest BCUT2D eigenvalue weighted by Crippen LogP contribution is -2.18. The zero-order chi connectivity index (χ0) is 19.6. The van der Waals surface area contributed by atoms with Crippen LogP contribution in [0, 0.1) is 0 Å². The monoisotopic (exact) mass is 417 g/mol. The number of methoxy groups -OCH3 is 1. The van der Waals surface area contributed by atoms with Crippen LogP contribution in [-0.2, 0) is 0 Å². The maximum absolute atomic E-state index is 5.32. The van der Waals surface area contributed by atoms with Crippen LogP contribution in [0.15, 0.2) is 82.6 Å². The van der Waals surface area contributed by atoms with Crippen molar-refractivity contribution in [1.82, 2.24) is 4.98 Å². The van der Waals surface area contributed by atoms with E-state index >= 15 is 0 Å². The van der Waals surface area contributed by atoms with Crippen molar-refractivity contribution in [2.24, 2.45) is 5.10 Å². The van der Waals surface area contributed by atoms with Gasteiger partial charge in [0.15, 0.2) is 0 Å². The first kappa shape index (κ1) is 18.1. The molecule has 0 spiro atoms. The molecule has 0 amide bonds. The molecule has 0 saturated heterocycles. The molecule has 4 nitrogen and oxygen atoms in total. The van der Waals surface area contributed by atoms with E-state index < -0.39 is 0 Å². The Kier molecular flexibility index (Phi) is 4.87. The Morgan fingerprint density at radius 3 is 2.52 bits per heavy atom. The number of benzene rings is 2. The van der Waals surface area contributed by atoms with E-state index in [1.807, 2.05) is 30.3 Å². The number of hydrazone groups is 1. The molecule has 3 heterocycles. The summed E-state index contributed by atoms with van der Waals surface area (Å²) in [5, 5.41) is 12.2. The van der Waals surface area contributed by atoms with Gasteiger partial charge < -0.3 is 4.74 Å².